The summed E-state index contributed by atoms with van der Waals surface area (Å²) in [6.07, 6.45) is 0. The van der Waals surface area contributed by atoms with Gasteiger partial charge in [-0.15, -0.1) is 11.3 Å². The zero-order valence-electron chi connectivity index (χ0n) is 7.29. The Kier molecular flexibility index (Phi) is 4.21. The average molecular weight is 219 g/mol. The minimum atomic E-state index is 0.422. The Balaban J connectivity index is 2.35. The second kappa shape index (κ2) is 5.21. The summed E-state index contributed by atoms with van der Waals surface area (Å²) in [7, 11) is 0. The molecule has 1 aromatic heterocycles. The minimum Gasteiger partial charge on any atom is -0.390 e. The molecule has 0 aromatic carbocycles. The molecule has 0 spiro atoms. The highest BCUT2D eigenvalue weighted by Crippen LogP contribution is 2.21. The molecule has 0 unspecified atom stereocenters. The summed E-state index contributed by atoms with van der Waals surface area (Å²) in [4.78, 5) is 6.10. The van der Waals surface area contributed by atoms with Crippen LogP contribution in [0.15, 0.2) is 17.3 Å². The summed E-state index contributed by atoms with van der Waals surface area (Å²) in [5.41, 5.74) is 6.11. The summed E-state index contributed by atoms with van der Waals surface area (Å²) >= 11 is 7.22. The molecule has 0 aliphatic heterocycles. The van der Waals surface area contributed by atoms with Crippen molar-refractivity contribution in [1.29, 1.82) is 0 Å². The molecule has 0 aliphatic rings. The number of hydrogen-bond donors (Lipinski definition) is 1. The van der Waals surface area contributed by atoms with Crippen LogP contribution in [-0.4, -0.2) is 12.3 Å². The molecule has 0 bridgehead atoms. The zero-order valence-corrected chi connectivity index (χ0v) is 8.86. The molecule has 0 saturated heterocycles. The van der Waals surface area contributed by atoms with E-state index in [-0.39, 0.29) is 0 Å². The zero-order chi connectivity index (χ0) is 9.68. The number of thiophene rings is 1. The lowest BCUT2D eigenvalue weighted by Gasteiger charge is -1.97. The van der Waals surface area contributed by atoms with Gasteiger partial charge in [0.2, 0.25) is 0 Å². The smallest absolute Gasteiger partial charge is 0.151 e. The van der Waals surface area contributed by atoms with Gasteiger partial charge in [0.25, 0.3) is 0 Å². The maximum atomic E-state index is 5.74. The van der Waals surface area contributed by atoms with Crippen molar-refractivity contribution in [2.75, 3.05) is 6.54 Å². The van der Waals surface area contributed by atoms with Crippen LogP contribution in [0.3, 0.4) is 0 Å². The van der Waals surface area contributed by atoms with Gasteiger partial charge in [-0.05, 0) is 19.1 Å². The van der Waals surface area contributed by atoms with Crippen LogP contribution in [0, 0.1) is 0 Å². The Morgan fingerprint density at radius 1 is 1.69 bits per heavy atom. The van der Waals surface area contributed by atoms with Crippen molar-refractivity contribution in [2.24, 2.45) is 10.9 Å². The van der Waals surface area contributed by atoms with Gasteiger partial charge >= 0.3 is 0 Å². The van der Waals surface area contributed by atoms with E-state index in [2.05, 4.69) is 5.16 Å². The van der Waals surface area contributed by atoms with E-state index in [4.69, 9.17) is 22.2 Å². The van der Waals surface area contributed by atoms with Crippen molar-refractivity contribution in [2.45, 2.75) is 13.5 Å². The van der Waals surface area contributed by atoms with Crippen LogP contribution in [0.2, 0.25) is 4.34 Å². The first-order chi connectivity index (χ1) is 6.22. The van der Waals surface area contributed by atoms with E-state index in [9.17, 15) is 0 Å². The van der Waals surface area contributed by atoms with Crippen LogP contribution >= 0.6 is 22.9 Å². The van der Waals surface area contributed by atoms with Crippen molar-refractivity contribution in [3.63, 3.8) is 0 Å². The lowest BCUT2D eigenvalue weighted by Crippen LogP contribution is -2.09. The van der Waals surface area contributed by atoms with E-state index >= 15 is 0 Å². The molecular formula is C8H11ClN2OS. The molecule has 0 radical (unpaired) electrons. The summed E-state index contributed by atoms with van der Waals surface area (Å²) in [5.74, 6) is 0. The van der Waals surface area contributed by atoms with Crippen molar-refractivity contribution in [3.8, 4) is 0 Å². The van der Waals surface area contributed by atoms with E-state index in [0.29, 0.717) is 13.2 Å². The van der Waals surface area contributed by atoms with Gasteiger partial charge in [-0.2, -0.15) is 0 Å². The fourth-order valence-corrected chi connectivity index (χ4v) is 1.67. The number of rotatable bonds is 4. The fourth-order valence-electron chi connectivity index (χ4n) is 0.673. The van der Waals surface area contributed by atoms with E-state index in [1.54, 1.807) is 0 Å². The van der Waals surface area contributed by atoms with Gasteiger partial charge in [-0.3, -0.25) is 0 Å². The van der Waals surface area contributed by atoms with E-state index < -0.39 is 0 Å². The lowest BCUT2D eigenvalue weighted by atomic mass is 10.4. The van der Waals surface area contributed by atoms with Crippen LogP contribution < -0.4 is 5.73 Å². The first-order valence-electron chi connectivity index (χ1n) is 3.82. The molecule has 0 atom stereocenters. The van der Waals surface area contributed by atoms with Gasteiger partial charge < -0.3 is 10.6 Å². The third kappa shape index (κ3) is 3.76. The standard InChI is InChI=1S/C8H11ClN2OS/c1-6(4-10)11-12-5-7-2-3-8(9)13-7/h2-3H,4-5,10H2,1H3. The minimum absolute atomic E-state index is 0.422. The Labute approximate surface area is 86.1 Å². The maximum absolute atomic E-state index is 5.74. The number of nitrogens with two attached hydrogens (primary N) is 1. The predicted octanol–water partition coefficient (Wildman–Crippen LogP) is 2.25. The summed E-state index contributed by atoms with van der Waals surface area (Å²) in [6.45, 7) is 2.70. The maximum Gasteiger partial charge on any atom is 0.151 e. The fraction of sp³-hybridized carbons (Fsp3) is 0.375. The van der Waals surface area contributed by atoms with Crippen molar-refractivity contribution in [3.05, 3.63) is 21.3 Å². The third-order valence-electron chi connectivity index (χ3n) is 1.35. The average Bonchev–Trinajstić information content (AvgIpc) is 2.51. The van der Waals surface area contributed by atoms with Crippen LogP contribution in [0.5, 0.6) is 0 Å². The SMILES string of the molecule is CC(CN)=NOCc1ccc(Cl)s1. The molecular weight excluding hydrogens is 208 g/mol. The predicted molar refractivity (Wildman–Crippen MR) is 56.3 cm³/mol. The molecule has 1 aromatic rings. The monoisotopic (exact) mass is 218 g/mol. The van der Waals surface area contributed by atoms with Crippen LogP contribution in [0.1, 0.15) is 11.8 Å². The third-order valence-corrected chi connectivity index (χ3v) is 2.56. The normalized spacial score (nSPS) is 11.8. The van der Waals surface area contributed by atoms with Gasteiger partial charge in [0.15, 0.2) is 6.61 Å². The molecule has 0 amide bonds. The molecule has 0 aliphatic carbocycles. The number of hydrogen-bond acceptors (Lipinski definition) is 4. The Bertz CT molecular complexity index is 298. The summed E-state index contributed by atoms with van der Waals surface area (Å²) in [5, 5.41) is 3.80. The lowest BCUT2D eigenvalue weighted by molar-refractivity contribution is 0.132. The first kappa shape index (κ1) is 10.5. The highest BCUT2D eigenvalue weighted by molar-refractivity contribution is 7.16. The summed E-state index contributed by atoms with van der Waals surface area (Å²) in [6, 6.07) is 3.75. The summed E-state index contributed by atoms with van der Waals surface area (Å²) < 4.78 is 0.762. The number of oxime groups is 1. The molecule has 0 saturated carbocycles. The van der Waals surface area contributed by atoms with Crippen LogP contribution in [-0.2, 0) is 11.4 Å². The Morgan fingerprint density at radius 3 is 3.00 bits per heavy atom. The highest BCUT2D eigenvalue weighted by Gasteiger charge is 1.97. The van der Waals surface area contributed by atoms with Gasteiger partial charge in [-0.1, -0.05) is 16.8 Å². The molecule has 1 rings (SSSR count). The van der Waals surface area contributed by atoms with Crippen molar-refractivity contribution < 1.29 is 4.84 Å². The van der Waals surface area contributed by atoms with Gasteiger partial charge in [-0.25, -0.2) is 0 Å². The molecule has 3 nitrogen and oxygen atoms in total. The molecule has 1 heterocycles. The van der Waals surface area contributed by atoms with Gasteiger partial charge in [0.1, 0.15) is 0 Å². The quantitative estimate of drug-likeness (QED) is 0.623. The largest absolute Gasteiger partial charge is 0.390 e. The molecule has 5 heteroatoms. The Hall–Kier alpha value is -0.580. The molecule has 13 heavy (non-hydrogen) atoms. The number of nitrogens with zero attached hydrogens (tertiary/aromatic N) is 1. The molecule has 0 fully saturated rings. The van der Waals surface area contributed by atoms with Crippen LogP contribution in [0.25, 0.3) is 0 Å². The van der Waals surface area contributed by atoms with Crippen LogP contribution in [0.4, 0.5) is 0 Å². The van der Waals surface area contributed by atoms with Crippen molar-refractivity contribution >= 4 is 28.6 Å². The second-order valence-corrected chi connectivity index (χ2v) is 4.31. The Morgan fingerprint density at radius 2 is 2.46 bits per heavy atom. The topological polar surface area (TPSA) is 47.6 Å². The van der Waals surface area contributed by atoms with Crippen molar-refractivity contribution in [1.82, 2.24) is 0 Å². The molecule has 72 valence electrons. The van der Waals surface area contributed by atoms with E-state index in [1.807, 2.05) is 19.1 Å². The van der Waals surface area contributed by atoms with E-state index in [0.717, 1.165) is 14.9 Å². The second-order valence-electron chi connectivity index (χ2n) is 2.51. The number of halogens is 1. The molecule has 2 N–H and O–H groups in total. The van der Waals surface area contributed by atoms with Gasteiger partial charge in [0.05, 0.1) is 10.0 Å². The van der Waals surface area contributed by atoms with E-state index in [1.165, 1.54) is 11.3 Å². The first-order valence-corrected chi connectivity index (χ1v) is 5.01. The highest BCUT2D eigenvalue weighted by atomic mass is 35.5. The van der Waals surface area contributed by atoms with Gasteiger partial charge in [0, 0.05) is 11.4 Å².